The number of nitrogens with zero attached hydrogens (tertiary/aromatic N) is 2. The number of hydrogen-bond donors (Lipinski definition) is 2. The van der Waals surface area contributed by atoms with Crippen molar-refractivity contribution in [1.82, 2.24) is 4.98 Å². The van der Waals surface area contributed by atoms with E-state index in [2.05, 4.69) is 10.4 Å². The van der Waals surface area contributed by atoms with Crippen molar-refractivity contribution in [2.24, 2.45) is 5.84 Å². The number of aromatic nitrogens is 1. The van der Waals surface area contributed by atoms with Crippen LogP contribution in [0.5, 0.6) is 0 Å². The number of anilines is 2. The molecule has 2 rings (SSSR count). The number of hydrazine groups is 1. The number of hydrogen-bond acceptors (Lipinski definition) is 4. The average molecular weight is 264 g/mol. The Morgan fingerprint density at radius 1 is 1.21 bits per heavy atom. The summed E-state index contributed by atoms with van der Waals surface area (Å²) >= 11 is 0. The zero-order valence-electron chi connectivity index (χ0n) is 10.4. The molecule has 0 atom stereocenters. The lowest BCUT2D eigenvalue weighted by Gasteiger charge is -2.19. The third-order valence-corrected chi connectivity index (χ3v) is 2.67. The molecule has 1 aromatic heterocycles. The summed E-state index contributed by atoms with van der Waals surface area (Å²) in [7, 11) is 1.68. The van der Waals surface area contributed by atoms with Crippen molar-refractivity contribution < 1.29 is 8.78 Å². The van der Waals surface area contributed by atoms with Gasteiger partial charge in [-0.25, -0.2) is 19.6 Å². The molecule has 3 N–H and O–H groups in total. The van der Waals surface area contributed by atoms with Crippen LogP contribution in [0.1, 0.15) is 5.56 Å². The molecule has 100 valence electrons. The molecule has 0 fully saturated rings. The average Bonchev–Trinajstić information content (AvgIpc) is 2.40. The lowest BCUT2D eigenvalue weighted by Crippen LogP contribution is -2.21. The SMILES string of the molecule is CN(Cc1ccccc1)c1nc(NN)c(F)cc1F. The molecule has 0 aliphatic heterocycles. The van der Waals surface area contributed by atoms with Crippen LogP contribution in [0.2, 0.25) is 0 Å². The molecule has 0 amide bonds. The third-order valence-electron chi connectivity index (χ3n) is 2.67. The Labute approximate surface area is 109 Å². The first-order chi connectivity index (χ1) is 9.11. The molecule has 6 heteroatoms. The molecule has 0 bridgehead atoms. The minimum Gasteiger partial charge on any atom is -0.353 e. The van der Waals surface area contributed by atoms with Crippen molar-refractivity contribution in [3.05, 3.63) is 53.6 Å². The highest BCUT2D eigenvalue weighted by molar-refractivity contribution is 5.48. The summed E-state index contributed by atoms with van der Waals surface area (Å²) < 4.78 is 27.0. The van der Waals surface area contributed by atoms with E-state index in [9.17, 15) is 8.78 Å². The number of nitrogens with two attached hydrogens (primary N) is 1. The fourth-order valence-corrected chi connectivity index (χ4v) is 1.76. The molecule has 0 aliphatic carbocycles. The Kier molecular flexibility index (Phi) is 3.91. The topological polar surface area (TPSA) is 54.2 Å². The van der Waals surface area contributed by atoms with Gasteiger partial charge < -0.3 is 10.3 Å². The van der Waals surface area contributed by atoms with Gasteiger partial charge in [0.25, 0.3) is 0 Å². The Morgan fingerprint density at radius 2 is 1.89 bits per heavy atom. The van der Waals surface area contributed by atoms with Crippen molar-refractivity contribution in [2.45, 2.75) is 6.54 Å². The fourth-order valence-electron chi connectivity index (χ4n) is 1.76. The number of nitrogens with one attached hydrogen (secondary N) is 1. The van der Waals surface area contributed by atoms with Crippen LogP contribution < -0.4 is 16.2 Å². The van der Waals surface area contributed by atoms with E-state index in [0.717, 1.165) is 11.6 Å². The van der Waals surface area contributed by atoms with Crippen LogP contribution in [0.25, 0.3) is 0 Å². The maximum atomic E-state index is 13.7. The molecule has 0 radical (unpaired) electrons. The van der Waals surface area contributed by atoms with Crippen molar-refractivity contribution in [3.8, 4) is 0 Å². The number of benzene rings is 1. The summed E-state index contributed by atoms with van der Waals surface area (Å²) in [6.07, 6.45) is 0. The molecule has 0 saturated carbocycles. The minimum absolute atomic E-state index is 0.0400. The summed E-state index contributed by atoms with van der Waals surface area (Å²) in [4.78, 5) is 5.41. The second kappa shape index (κ2) is 5.62. The Hall–Kier alpha value is -2.21. The first kappa shape index (κ1) is 13.2. The van der Waals surface area contributed by atoms with Gasteiger partial charge >= 0.3 is 0 Å². The maximum Gasteiger partial charge on any atom is 0.178 e. The Balaban J connectivity index is 2.26. The van der Waals surface area contributed by atoms with Gasteiger partial charge in [0.15, 0.2) is 23.3 Å². The summed E-state index contributed by atoms with van der Waals surface area (Å²) in [5.74, 6) is 3.44. The van der Waals surface area contributed by atoms with Crippen LogP contribution in [0.4, 0.5) is 20.4 Å². The van der Waals surface area contributed by atoms with E-state index in [4.69, 9.17) is 5.84 Å². The highest BCUT2D eigenvalue weighted by Gasteiger charge is 2.14. The first-order valence-electron chi connectivity index (χ1n) is 5.69. The molecule has 4 nitrogen and oxygen atoms in total. The van der Waals surface area contributed by atoms with Crippen LogP contribution in [0, 0.1) is 11.6 Å². The van der Waals surface area contributed by atoms with Gasteiger partial charge in [-0.1, -0.05) is 30.3 Å². The normalized spacial score (nSPS) is 10.3. The molecular weight excluding hydrogens is 250 g/mol. The largest absolute Gasteiger partial charge is 0.353 e. The van der Waals surface area contributed by atoms with Gasteiger partial charge in [0.2, 0.25) is 0 Å². The van der Waals surface area contributed by atoms with E-state index in [1.807, 2.05) is 30.3 Å². The highest BCUT2D eigenvalue weighted by atomic mass is 19.1. The zero-order chi connectivity index (χ0) is 13.8. The van der Waals surface area contributed by atoms with Gasteiger partial charge in [-0.2, -0.15) is 0 Å². The molecular formula is C13H14F2N4. The second-order valence-corrected chi connectivity index (χ2v) is 4.11. The molecule has 0 spiro atoms. The summed E-state index contributed by atoms with van der Waals surface area (Å²) in [5, 5.41) is 0. The van der Waals surface area contributed by atoms with Gasteiger partial charge in [-0.3, -0.25) is 0 Å². The number of nitrogen functional groups attached to an aromatic ring is 1. The third kappa shape index (κ3) is 2.97. The number of halogens is 2. The first-order valence-corrected chi connectivity index (χ1v) is 5.69. The minimum atomic E-state index is -0.822. The molecule has 0 saturated heterocycles. The van der Waals surface area contributed by atoms with E-state index >= 15 is 0 Å². The predicted octanol–water partition coefficient (Wildman–Crippen LogP) is 2.28. The quantitative estimate of drug-likeness (QED) is 0.657. The molecule has 19 heavy (non-hydrogen) atoms. The number of rotatable bonds is 4. The highest BCUT2D eigenvalue weighted by Crippen LogP contribution is 2.22. The predicted molar refractivity (Wildman–Crippen MR) is 70.5 cm³/mol. The molecule has 0 unspecified atom stereocenters. The van der Waals surface area contributed by atoms with Crippen LogP contribution in [-0.2, 0) is 6.54 Å². The van der Waals surface area contributed by atoms with Crippen molar-refractivity contribution in [1.29, 1.82) is 0 Å². The molecule has 1 heterocycles. The van der Waals surface area contributed by atoms with Crippen LogP contribution in [0.15, 0.2) is 36.4 Å². The molecule has 1 aromatic carbocycles. The van der Waals surface area contributed by atoms with Crippen molar-refractivity contribution >= 4 is 11.6 Å². The molecule has 0 aliphatic rings. The lowest BCUT2D eigenvalue weighted by atomic mass is 10.2. The van der Waals surface area contributed by atoms with Gasteiger partial charge in [0.05, 0.1) is 0 Å². The lowest BCUT2D eigenvalue weighted by molar-refractivity contribution is 0.572. The van der Waals surface area contributed by atoms with Gasteiger partial charge in [-0.15, -0.1) is 0 Å². The van der Waals surface area contributed by atoms with E-state index < -0.39 is 11.6 Å². The summed E-state index contributed by atoms with van der Waals surface area (Å²) in [6.45, 7) is 0.459. The van der Waals surface area contributed by atoms with E-state index in [-0.39, 0.29) is 11.6 Å². The summed E-state index contributed by atoms with van der Waals surface area (Å²) in [6, 6.07) is 10.3. The van der Waals surface area contributed by atoms with Gasteiger partial charge in [0, 0.05) is 19.7 Å². The van der Waals surface area contributed by atoms with E-state index in [0.29, 0.717) is 6.54 Å². The smallest absolute Gasteiger partial charge is 0.178 e. The standard InChI is InChI=1S/C13H14F2N4/c1-19(8-9-5-3-2-4-6-9)13-11(15)7-10(14)12(17-13)18-16/h2-7H,8,16H2,1H3,(H,17,18). The van der Waals surface area contributed by atoms with Gasteiger partial charge in [-0.05, 0) is 5.56 Å². The van der Waals surface area contributed by atoms with Crippen LogP contribution in [-0.4, -0.2) is 12.0 Å². The zero-order valence-corrected chi connectivity index (χ0v) is 10.4. The van der Waals surface area contributed by atoms with E-state index in [1.165, 1.54) is 0 Å². The molecule has 2 aromatic rings. The van der Waals surface area contributed by atoms with Crippen molar-refractivity contribution in [3.63, 3.8) is 0 Å². The summed E-state index contributed by atoms with van der Waals surface area (Å²) in [5.41, 5.74) is 3.10. The maximum absolute atomic E-state index is 13.7. The number of pyridine rings is 1. The van der Waals surface area contributed by atoms with Crippen LogP contribution >= 0.6 is 0 Å². The second-order valence-electron chi connectivity index (χ2n) is 4.11. The Morgan fingerprint density at radius 3 is 2.53 bits per heavy atom. The Bertz CT molecular complexity index is 560. The van der Waals surface area contributed by atoms with E-state index in [1.54, 1.807) is 11.9 Å². The fraction of sp³-hybridized carbons (Fsp3) is 0.154. The van der Waals surface area contributed by atoms with Crippen molar-refractivity contribution in [2.75, 3.05) is 17.4 Å². The monoisotopic (exact) mass is 264 g/mol. The van der Waals surface area contributed by atoms with Gasteiger partial charge in [0.1, 0.15) is 0 Å². The van der Waals surface area contributed by atoms with Crippen LogP contribution in [0.3, 0.4) is 0 Å².